The van der Waals surface area contributed by atoms with Gasteiger partial charge in [0.25, 0.3) is 0 Å². The predicted molar refractivity (Wildman–Crippen MR) is 65.2 cm³/mol. The number of carbonyl (C=O) groups is 2. The Morgan fingerprint density at radius 3 is 2.38 bits per heavy atom. The monoisotopic (exact) mass is 281 g/mol. The number of piperidine rings is 1. The second kappa shape index (κ2) is 4.37. The van der Waals surface area contributed by atoms with Crippen molar-refractivity contribution in [1.82, 2.24) is 0 Å². The molecule has 1 fully saturated rings. The quantitative estimate of drug-likeness (QED) is 0.743. The first-order chi connectivity index (χ1) is 7.59. The van der Waals surface area contributed by atoms with Crippen LogP contribution in [0.25, 0.3) is 0 Å². The van der Waals surface area contributed by atoms with E-state index in [2.05, 4.69) is 15.9 Å². The van der Waals surface area contributed by atoms with E-state index < -0.39 is 0 Å². The highest BCUT2D eigenvalue weighted by molar-refractivity contribution is 9.10. The van der Waals surface area contributed by atoms with Crippen LogP contribution in [-0.2, 0) is 9.59 Å². The van der Waals surface area contributed by atoms with Gasteiger partial charge < -0.3 is 0 Å². The third-order valence-electron chi connectivity index (χ3n) is 2.62. The van der Waals surface area contributed by atoms with Crippen molar-refractivity contribution >= 4 is 33.4 Å². The zero-order valence-corrected chi connectivity index (χ0v) is 10.6. The van der Waals surface area contributed by atoms with Gasteiger partial charge in [0.05, 0.1) is 5.69 Å². The summed E-state index contributed by atoms with van der Waals surface area (Å²) in [5, 5.41) is 0. The summed E-state index contributed by atoms with van der Waals surface area (Å²) >= 11 is 3.39. The van der Waals surface area contributed by atoms with Crippen molar-refractivity contribution in [3.05, 3.63) is 28.2 Å². The molecule has 0 bridgehead atoms. The lowest BCUT2D eigenvalue weighted by Gasteiger charge is -2.25. The molecule has 1 aliphatic rings. The molecule has 0 aromatic heterocycles. The van der Waals surface area contributed by atoms with Gasteiger partial charge in [-0.3, -0.25) is 9.59 Å². The van der Waals surface area contributed by atoms with Crippen molar-refractivity contribution in [3.63, 3.8) is 0 Å². The Morgan fingerprint density at radius 2 is 1.81 bits per heavy atom. The number of hydrogen-bond acceptors (Lipinski definition) is 2. The Hall–Kier alpha value is -1.16. The van der Waals surface area contributed by atoms with Gasteiger partial charge in [-0.15, -0.1) is 0 Å². The summed E-state index contributed by atoms with van der Waals surface area (Å²) < 4.78 is 0.788. The van der Waals surface area contributed by atoms with Crippen LogP contribution in [0, 0.1) is 6.92 Å². The fourth-order valence-electron chi connectivity index (χ4n) is 1.82. The minimum absolute atomic E-state index is 0.110. The summed E-state index contributed by atoms with van der Waals surface area (Å²) in [6, 6.07) is 5.61. The topological polar surface area (TPSA) is 37.4 Å². The average Bonchev–Trinajstić information content (AvgIpc) is 2.20. The molecule has 16 heavy (non-hydrogen) atoms. The molecule has 0 unspecified atom stereocenters. The second-order valence-corrected chi connectivity index (χ2v) is 4.79. The van der Waals surface area contributed by atoms with Crippen LogP contribution in [0.4, 0.5) is 5.69 Å². The molecule has 1 aromatic rings. The predicted octanol–water partition coefficient (Wildman–Crippen LogP) is 2.80. The zero-order valence-electron chi connectivity index (χ0n) is 9.00. The van der Waals surface area contributed by atoms with Crippen molar-refractivity contribution < 1.29 is 9.59 Å². The van der Waals surface area contributed by atoms with Crippen LogP contribution in [0.2, 0.25) is 0 Å². The number of hydrogen-bond donors (Lipinski definition) is 0. The van der Waals surface area contributed by atoms with Crippen molar-refractivity contribution in [1.29, 1.82) is 0 Å². The Bertz CT molecular complexity index is 440. The van der Waals surface area contributed by atoms with Crippen molar-refractivity contribution in [2.75, 3.05) is 4.90 Å². The van der Waals surface area contributed by atoms with Crippen molar-refractivity contribution in [2.24, 2.45) is 0 Å². The van der Waals surface area contributed by atoms with Crippen LogP contribution in [-0.4, -0.2) is 11.8 Å². The van der Waals surface area contributed by atoms with Gasteiger partial charge >= 0.3 is 0 Å². The zero-order chi connectivity index (χ0) is 11.7. The SMILES string of the molecule is Cc1ccc(N2C(=O)CCCC2=O)c(Br)c1. The summed E-state index contributed by atoms with van der Waals surface area (Å²) in [5.74, 6) is -0.221. The molecule has 0 radical (unpaired) electrons. The van der Waals surface area contributed by atoms with Gasteiger partial charge in [-0.2, -0.15) is 0 Å². The van der Waals surface area contributed by atoms with Crippen LogP contribution in [0.5, 0.6) is 0 Å². The average molecular weight is 282 g/mol. The number of imide groups is 1. The summed E-state index contributed by atoms with van der Waals surface area (Å²) in [5.41, 5.74) is 1.74. The highest BCUT2D eigenvalue weighted by Gasteiger charge is 2.28. The number of aryl methyl sites for hydroxylation is 1. The fraction of sp³-hybridized carbons (Fsp3) is 0.333. The lowest BCUT2D eigenvalue weighted by Crippen LogP contribution is -2.40. The van der Waals surface area contributed by atoms with Crippen LogP contribution in [0.15, 0.2) is 22.7 Å². The van der Waals surface area contributed by atoms with Gasteiger partial charge in [0, 0.05) is 17.3 Å². The molecule has 4 heteroatoms. The molecule has 1 saturated heterocycles. The van der Waals surface area contributed by atoms with E-state index in [1.54, 1.807) is 6.07 Å². The van der Waals surface area contributed by atoms with Gasteiger partial charge in [0.15, 0.2) is 0 Å². The molecule has 0 saturated carbocycles. The molecule has 1 aliphatic heterocycles. The van der Waals surface area contributed by atoms with Gasteiger partial charge in [0.2, 0.25) is 11.8 Å². The van der Waals surface area contributed by atoms with Crippen LogP contribution < -0.4 is 4.90 Å². The molecule has 84 valence electrons. The second-order valence-electron chi connectivity index (χ2n) is 3.93. The molecule has 0 N–H and O–H groups in total. The van der Waals surface area contributed by atoms with E-state index in [-0.39, 0.29) is 11.8 Å². The number of carbonyl (C=O) groups excluding carboxylic acids is 2. The first-order valence-electron chi connectivity index (χ1n) is 5.21. The summed E-state index contributed by atoms with van der Waals surface area (Å²) in [6.45, 7) is 1.97. The first kappa shape index (κ1) is 11.3. The van der Waals surface area contributed by atoms with Crippen LogP contribution in [0.1, 0.15) is 24.8 Å². The number of rotatable bonds is 1. The molecule has 0 spiro atoms. The van der Waals surface area contributed by atoms with Gasteiger partial charge in [-0.1, -0.05) is 6.07 Å². The van der Waals surface area contributed by atoms with E-state index in [1.165, 1.54) is 4.90 Å². The van der Waals surface area contributed by atoms with Gasteiger partial charge in [-0.25, -0.2) is 4.90 Å². The molecular weight excluding hydrogens is 270 g/mol. The molecule has 1 heterocycles. The molecule has 0 aliphatic carbocycles. The third kappa shape index (κ3) is 2.02. The molecule has 1 aromatic carbocycles. The van der Waals surface area contributed by atoms with Crippen LogP contribution in [0.3, 0.4) is 0 Å². The maximum Gasteiger partial charge on any atom is 0.233 e. The Kier molecular flexibility index (Phi) is 3.10. The van der Waals surface area contributed by atoms with Crippen LogP contribution >= 0.6 is 15.9 Å². The molecular formula is C12H12BrNO2. The largest absolute Gasteiger partial charge is 0.274 e. The highest BCUT2D eigenvalue weighted by Crippen LogP contribution is 2.30. The minimum Gasteiger partial charge on any atom is -0.274 e. The Morgan fingerprint density at radius 1 is 1.19 bits per heavy atom. The van der Waals surface area contributed by atoms with E-state index in [1.807, 2.05) is 19.1 Å². The first-order valence-corrected chi connectivity index (χ1v) is 6.01. The van der Waals surface area contributed by atoms with E-state index in [9.17, 15) is 9.59 Å². The Balaban J connectivity index is 2.42. The lowest BCUT2D eigenvalue weighted by atomic mass is 10.1. The number of halogens is 1. The normalized spacial score (nSPS) is 16.8. The molecule has 2 rings (SSSR count). The summed E-state index contributed by atoms with van der Waals surface area (Å²) in [6.07, 6.45) is 1.57. The molecule has 3 nitrogen and oxygen atoms in total. The number of nitrogens with zero attached hydrogens (tertiary/aromatic N) is 1. The lowest BCUT2D eigenvalue weighted by molar-refractivity contribution is -0.129. The maximum atomic E-state index is 11.7. The molecule has 2 amide bonds. The number of benzene rings is 1. The smallest absolute Gasteiger partial charge is 0.233 e. The summed E-state index contributed by atoms with van der Waals surface area (Å²) in [4.78, 5) is 24.7. The number of anilines is 1. The maximum absolute atomic E-state index is 11.7. The fourth-order valence-corrected chi connectivity index (χ4v) is 2.49. The summed E-state index contributed by atoms with van der Waals surface area (Å²) in [7, 11) is 0. The van der Waals surface area contributed by atoms with Gasteiger partial charge in [0.1, 0.15) is 0 Å². The van der Waals surface area contributed by atoms with Crippen molar-refractivity contribution in [3.8, 4) is 0 Å². The van der Waals surface area contributed by atoms with Gasteiger partial charge in [-0.05, 0) is 47.0 Å². The molecule has 0 atom stereocenters. The van der Waals surface area contributed by atoms with E-state index in [4.69, 9.17) is 0 Å². The number of amides is 2. The van der Waals surface area contributed by atoms with E-state index in [0.29, 0.717) is 24.9 Å². The highest BCUT2D eigenvalue weighted by atomic mass is 79.9. The van der Waals surface area contributed by atoms with Crippen molar-refractivity contribution in [2.45, 2.75) is 26.2 Å². The third-order valence-corrected chi connectivity index (χ3v) is 3.26. The standard InChI is InChI=1S/C12H12BrNO2/c1-8-5-6-10(9(13)7-8)14-11(15)3-2-4-12(14)16/h5-7H,2-4H2,1H3. The Labute approximate surface area is 103 Å². The van der Waals surface area contributed by atoms with E-state index in [0.717, 1.165) is 10.0 Å². The minimum atomic E-state index is -0.110. The van der Waals surface area contributed by atoms with E-state index >= 15 is 0 Å².